The first-order valence-electron chi connectivity index (χ1n) is 4.79. The number of hydrogen-bond donors (Lipinski definition) is 4. The van der Waals surface area contributed by atoms with Crippen LogP contribution in [0, 0.1) is 5.92 Å². The third-order valence-electron chi connectivity index (χ3n) is 2.67. The Balaban J connectivity index is 2.64. The second-order valence-corrected chi connectivity index (χ2v) is 3.81. The van der Waals surface area contributed by atoms with Gasteiger partial charge >= 0.3 is 5.97 Å². The minimum Gasteiger partial charge on any atom is -0.481 e. The van der Waals surface area contributed by atoms with E-state index in [1.54, 1.807) is 0 Å². The predicted octanol–water partition coefficient (Wildman–Crippen LogP) is -1.29. The van der Waals surface area contributed by atoms with Crippen LogP contribution in [-0.2, 0) is 9.59 Å². The van der Waals surface area contributed by atoms with E-state index in [4.69, 9.17) is 5.11 Å². The fraction of sp³-hybridized carbons (Fsp3) is 0.778. The maximum Gasteiger partial charge on any atom is 0.309 e. The Bertz CT molecular complexity index is 265. The van der Waals surface area contributed by atoms with Gasteiger partial charge in [0.1, 0.15) is 6.10 Å². The lowest BCUT2D eigenvalue weighted by atomic mass is 9.81. The van der Waals surface area contributed by atoms with Crippen LogP contribution in [0.5, 0.6) is 0 Å². The van der Waals surface area contributed by atoms with Crippen molar-refractivity contribution in [1.29, 1.82) is 0 Å². The van der Waals surface area contributed by atoms with E-state index >= 15 is 0 Å². The summed E-state index contributed by atoms with van der Waals surface area (Å²) in [6.07, 6.45) is -1.94. The van der Waals surface area contributed by atoms with Crippen LogP contribution in [-0.4, -0.2) is 45.4 Å². The molecule has 0 saturated heterocycles. The molecule has 1 fully saturated rings. The number of amides is 1. The number of hydrogen-bond acceptors (Lipinski definition) is 4. The van der Waals surface area contributed by atoms with Crippen LogP contribution in [0.1, 0.15) is 19.8 Å². The van der Waals surface area contributed by atoms with Crippen molar-refractivity contribution in [2.45, 2.75) is 38.0 Å². The number of aliphatic hydroxyl groups excluding tert-OH is 2. The second-order valence-electron chi connectivity index (χ2n) is 3.81. The Morgan fingerprint density at radius 2 is 1.80 bits per heavy atom. The average molecular weight is 217 g/mol. The number of aliphatic carboxylic acids is 1. The molecule has 0 aliphatic heterocycles. The van der Waals surface area contributed by atoms with Crippen molar-refractivity contribution in [3.8, 4) is 0 Å². The monoisotopic (exact) mass is 217 g/mol. The summed E-state index contributed by atoms with van der Waals surface area (Å²) in [6.45, 7) is 1.31. The van der Waals surface area contributed by atoms with Crippen LogP contribution < -0.4 is 5.32 Å². The summed E-state index contributed by atoms with van der Waals surface area (Å²) in [5, 5.41) is 30.3. The third-order valence-corrected chi connectivity index (χ3v) is 2.67. The van der Waals surface area contributed by atoms with E-state index < -0.39 is 30.1 Å². The minimum atomic E-state index is -1.33. The van der Waals surface area contributed by atoms with E-state index in [1.807, 2.05) is 0 Å². The first-order chi connectivity index (χ1) is 6.93. The lowest BCUT2D eigenvalue weighted by Gasteiger charge is -2.35. The van der Waals surface area contributed by atoms with Crippen molar-refractivity contribution in [3.63, 3.8) is 0 Å². The molecular weight excluding hydrogens is 202 g/mol. The highest BCUT2D eigenvalue weighted by atomic mass is 16.4. The lowest BCUT2D eigenvalue weighted by Crippen LogP contribution is -2.55. The molecule has 6 heteroatoms. The van der Waals surface area contributed by atoms with Crippen molar-refractivity contribution in [3.05, 3.63) is 0 Å². The molecule has 6 nitrogen and oxygen atoms in total. The van der Waals surface area contributed by atoms with E-state index in [-0.39, 0.29) is 12.3 Å². The zero-order chi connectivity index (χ0) is 11.6. The number of carboxylic acids is 1. The highest BCUT2D eigenvalue weighted by molar-refractivity contribution is 5.74. The molecule has 4 atom stereocenters. The summed E-state index contributed by atoms with van der Waals surface area (Å²) >= 11 is 0. The number of aliphatic hydroxyl groups is 2. The van der Waals surface area contributed by atoms with Crippen LogP contribution in [0.3, 0.4) is 0 Å². The molecule has 0 aromatic heterocycles. The topological polar surface area (TPSA) is 107 Å². The van der Waals surface area contributed by atoms with Crippen LogP contribution in [0.15, 0.2) is 0 Å². The first kappa shape index (κ1) is 11.9. The lowest BCUT2D eigenvalue weighted by molar-refractivity contribution is -0.154. The van der Waals surface area contributed by atoms with Gasteiger partial charge in [-0.05, 0) is 12.8 Å². The standard InChI is InChI=1S/C9H15NO5/c1-4(11)10-6-3-2-5(9(14)15)7(12)8(6)13/h5-8,12-13H,2-3H2,1H3,(H,10,11)(H,14,15)/t5-,6-,7-,8+/m0/s1. The Labute approximate surface area is 86.9 Å². The molecule has 86 valence electrons. The average Bonchev–Trinajstić information content (AvgIpc) is 2.12. The van der Waals surface area contributed by atoms with Gasteiger partial charge in [0, 0.05) is 6.92 Å². The third kappa shape index (κ3) is 2.66. The van der Waals surface area contributed by atoms with Crippen molar-refractivity contribution in [2.24, 2.45) is 5.92 Å². The van der Waals surface area contributed by atoms with E-state index in [0.717, 1.165) is 0 Å². The number of nitrogens with one attached hydrogen (secondary N) is 1. The van der Waals surface area contributed by atoms with Crippen LogP contribution in [0.2, 0.25) is 0 Å². The molecular formula is C9H15NO5. The van der Waals surface area contributed by atoms with Crippen molar-refractivity contribution < 1.29 is 24.9 Å². The summed E-state index contributed by atoms with van der Waals surface area (Å²) in [6, 6.07) is -0.562. The fourth-order valence-corrected chi connectivity index (χ4v) is 1.86. The second kappa shape index (κ2) is 4.59. The Hall–Kier alpha value is -1.14. The molecule has 1 rings (SSSR count). The van der Waals surface area contributed by atoms with Crippen LogP contribution >= 0.6 is 0 Å². The van der Waals surface area contributed by atoms with Gasteiger partial charge in [0.25, 0.3) is 0 Å². The van der Waals surface area contributed by atoms with Gasteiger partial charge in [-0.2, -0.15) is 0 Å². The van der Waals surface area contributed by atoms with Gasteiger partial charge in [0.2, 0.25) is 5.91 Å². The number of carboxylic acid groups (broad SMARTS) is 1. The first-order valence-corrected chi connectivity index (χ1v) is 4.79. The molecule has 1 aliphatic carbocycles. The molecule has 15 heavy (non-hydrogen) atoms. The molecule has 0 heterocycles. The summed E-state index contributed by atoms with van der Waals surface area (Å²) in [7, 11) is 0. The molecule has 1 amide bonds. The smallest absolute Gasteiger partial charge is 0.309 e. The number of rotatable bonds is 2. The quantitative estimate of drug-likeness (QED) is 0.460. The maximum absolute atomic E-state index is 10.8. The summed E-state index contributed by atoms with van der Waals surface area (Å²) < 4.78 is 0. The van der Waals surface area contributed by atoms with Crippen LogP contribution in [0.25, 0.3) is 0 Å². The van der Waals surface area contributed by atoms with E-state index in [0.29, 0.717) is 6.42 Å². The molecule has 1 aliphatic rings. The van der Waals surface area contributed by atoms with E-state index in [9.17, 15) is 19.8 Å². The van der Waals surface area contributed by atoms with Crippen molar-refractivity contribution >= 4 is 11.9 Å². The molecule has 4 N–H and O–H groups in total. The summed E-state index contributed by atoms with van der Waals surface area (Å²) in [5.74, 6) is -2.38. The Morgan fingerprint density at radius 1 is 1.20 bits per heavy atom. The molecule has 1 saturated carbocycles. The summed E-state index contributed by atoms with van der Waals surface area (Å²) in [5.41, 5.74) is 0. The van der Waals surface area contributed by atoms with E-state index in [1.165, 1.54) is 6.92 Å². The van der Waals surface area contributed by atoms with Gasteiger partial charge < -0.3 is 20.6 Å². The number of carbonyl (C=O) groups is 2. The summed E-state index contributed by atoms with van der Waals surface area (Å²) in [4.78, 5) is 21.4. The Morgan fingerprint density at radius 3 is 2.27 bits per heavy atom. The van der Waals surface area contributed by atoms with Gasteiger partial charge in [0.15, 0.2) is 0 Å². The van der Waals surface area contributed by atoms with Crippen molar-refractivity contribution in [1.82, 2.24) is 5.32 Å². The van der Waals surface area contributed by atoms with Gasteiger partial charge in [-0.25, -0.2) is 0 Å². The molecule has 0 bridgehead atoms. The van der Waals surface area contributed by atoms with Crippen molar-refractivity contribution in [2.75, 3.05) is 0 Å². The Kier molecular flexibility index (Phi) is 3.65. The predicted molar refractivity (Wildman–Crippen MR) is 50.0 cm³/mol. The van der Waals surface area contributed by atoms with Gasteiger partial charge in [-0.1, -0.05) is 0 Å². The largest absolute Gasteiger partial charge is 0.481 e. The molecule has 0 unspecified atom stereocenters. The van der Waals surface area contributed by atoms with Gasteiger partial charge in [-0.3, -0.25) is 9.59 Å². The fourth-order valence-electron chi connectivity index (χ4n) is 1.86. The molecule has 0 aromatic rings. The normalized spacial score (nSPS) is 35.9. The molecule has 0 aromatic carbocycles. The van der Waals surface area contributed by atoms with Crippen LogP contribution in [0.4, 0.5) is 0 Å². The molecule has 0 radical (unpaired) electrons. The highest BCUT2D eigenvalue weighted by Gasteiger charge is 2.41. The van der Waals surface area contributed by atoms with E-state index in [2.05, 4.69) is 5.32 Å². The number of carbonyl (C=O) groups excluding carboxylic acids is 1. The maximum atomic E-state index is 10.8. The minimum absolute atomic E-state index is 0.249. The highest BCUT2D eigenvalue weighted by Crippen LogP contribution is 2.25. The SMILES string of the molecule is CC(=O)N[C@H]1CC[C@H](C(=O)O)[C@H](O)[C@@H]1O. The van der Waals surface area contributed by atoms with Gasteiger partial charge in [0.05, 0.1) is 18.1 Å². The van der Waals surface area contributed by atoms with Gasteiger partial charge in [-0.15, -0.1) is 0 Å². The zero-order valence-corrected chi connectivity index (χ0v) is 8.38. The zero-order valence-electron chi connectivity index (χ0n) is 8.38. The molecule has 0 spiro atoms.